The Morgan fingerprint density at radius 1 is 1.31 bits per heavy atom. The van der Waals surface area contributed by atoms with E-state index in [1.807, 2.05) is 19.1 Å². The first-order chi connectivity index (χ1) is 6.11. The van der Waals surface area contributed by atoms with Crippen molar-refractivity contribution >= 4 is 6.08 Å². The third-order valence-corrected chi connectivity index (χ3v) is 2.10. The van der Waals surface area contributed by atoms with Gasteiger partial charge in [0.15, 0.2) is 0 Å². The maximum atomic E-state index is 3.89. The average Bonchev–Trinajstić information content (AvgIpc) is 2.08. The van der Waals surface area contributed by atoms with Gasteiger partial charge in [-0.2, -0.15) is 0 Å². The zero-order valence-corrected chi connectivity index (χ0v) is 8.44. The highest BCUT2D eigenvalue weighted by Gasteiger charge is 1.94. The molecule has 0 aliphatic carbocycles. The van der Waals surface area contributed by atoms with Gasteiger partial charge in [0.2, 0.25) is 0 Å². The van der Waals surface area contributed by atoms with Gasteiger partial charge < -0.3 is 0 Å². The van der Waals surface area contributed by atoms with Gasteiger partial charge in [-0.15, -0.1) is 0 Å². The molecule has 0 fully saturated rings. The van der Waals surface area contributed by atoms with E-state index in [-0.39, 0.29) is 0 Å². The monoisotopic (exact) mass is 170 g/mol. The van der Waals surface area contributed by atoms with Crippen molar-refractivity contribution in [3.8, 4) is 0 Å². The third-order valence-electron chi connectivity index (χ3n) is 2.10. The van der Waals surface area contributed by atoms with Crippen LogP contribution in [0.25, 0.3) is 6.08 Å². The maximum absolute atomic E-state index is 3.89. The van der Waals surface area contributed by atoms with E-state index in [0.29, 0.717) is 0 Å². The molecule has 0 saturated carbocycles. The molecule has 1 aromatic carbocycles. The van der Waals surface area contributed by atoms with Crippen molar-refractivity contribution < 1.29 is 0 Å². The van der Waals surface area contributed by atoms with Gasteiger partial charge in [-0.3, -0.25) is 0 Å². The highest BCUT2D eigenvalue weighted by molar-refractivity contribution is 5.59. The molecule has 0 radical (unpaired) electrons. The number of aryl methyl sites for hydroxylation is 1. The molecule has 1 rings (SSSR count). The Morgan fingerprint density at radius 3 is 2.46 bits per heavy atom. The quantitative estimate of drug-likeness (QED) is 0.595. The molecule has 0 aliphatic heterocycles. The van der Waals surface area contributed by atoms with Gasteiger partial charge in [-0.05, 0) is 49.6 Å². The summed E-state index contributed by atoms with van der Waals surface area (Å²) < 4.78 is 0. The van der Waals surface area contributed by atoms with Crippen molar-refractivity contribution in [1.29, 1.82) is 0 Å². The molecule has 0 atom stereocenters. The predicted molar refractivity (Wildman–Crippen MR) is 57.3 cm³/mol. The van der Waals surface area contributed by atoms with E-state index in [1.165, 1.54) is 16.7 Å². The predicted octanol–water partition coefficient (Wildman–Crippen LogP) is 3.57. The minimum atomic E-state index is 1.10. The molecule has 0 N–H and O–H groups in total. The van der Waals surface area contributed by atoms with Gasteiger partial charge in [0.25, 0.3) is 0 Å². The summed E-state index contributed by atoms with van der Waals surface area (Å²) in [6.45, 7) is 10.0. The zero-order valence-electron chi connectivity index (χ0n) is 8.44. The lowest BCUT2D eigenvalue weighted by molar-refractivity contribution is 1.37. The van der Waals surface area contributed by atoms with E-state index in [1.54, 1.807) is 0 Å². The molecule has 0 saturated heterocycles. The first-order valence-electron chi connectivity index (χ1n) is 4.34. The molecule has 0 heterocycles. The lowest BCUT2D eigenvalue weighted by Gasteiger charge is -2.00. The number of rotatable bonds is 2. The number of hydrogen-bond donors (Lipinski definition) is 0. The second-order valence-corrected chi connectivity index (χ2v) is 3.32. The number of allylic oxidation sites excluding steroid dienone is 2. The van der Waals surface area contributed by atoms with Crippen molar-refractivity contribution in [2.24, 2.45) is 0 Å². The van der Waals surface area contributed by atoms with Crippen molar-refractivity contribution in [1.82, 2.24) is 0 Å². The van der Waals surface area contributed by atoms with E-state index in [4.69, 9.17) is 0 Å². The lowest BCUT2D eigenvalue weighted by Crippen LogP contribution is -1.81. The highest BCUT2D eigenvalue weighted by atomic mass is 14.0. The summed E-state index contributed by atoms with van der Waals surface area (Å²) in [7, 11) is 0. The largest absolute Gasteiger partial charge is 0.0958 e. The van der Waals surface area contributed by atoms with Gasteiger partial charge >= 0.3 is 0 Å². The van der Waals surface area contributed by atoms with Crippen molar-refractivity contribution in [2.75, 3.05) is 0 Å². The molecular formula is C13H14. The Labute approximate surface area is 80.6 Å². The first-order valence-corrected chi connectivity index (χ1v) is 4.34. The molecule has 0 spiro atoms. The topological polar surface area (TPSA) is 0 Å². The highest BCUT2D eigenvalue weighted by Crippen LogP contribution is 2.13. The van der Waals surface area contributed by atoms with Crippen molar-refractivity contribution in [3.05, 3.63) is 53.1 Å². The van der Waals surface area contributed by atoms with E-state index < -0.39 is 0 Å². The fourth-order valence-corrected chi connectivity index (χ4v) is 0.978. The molecule has 0 aliphatic rings. The normalized spacial score (nSPS) is 10.8. The fourth-order valence-electron chi connectivity index (χ4n) is 0.978. The molecule has 1 aromatic rings. The van der Waals surface area contributed by atoms with Gasteiger partial charge in [0.1, 0.15) is 0 Å². The first kappa shape index (κ1) is 9.61. The van der Waals surface area contributed by atoms with Crippen LogP contribution in [0, 0.1) is 19.1 Å². The molecule has 0 unspecified atom stereocenters. The minimum Gasteiger partial charge on any atom is -0.0958 e. The fraction of sp³-hybridized carbons (Fsp3) is 0.231. The van der Waals surface area contributed by atoms with E-state index in [9.17, 15) is 0 Å². The maximum Gasteiger partial charge on any atom is -0.00397 e. The van der Waals surface area contributed by atoms with Crippen LogP contribution in [-0.2, 0) is 0 Å². The minimum absolute atomic E-state index is 1.10. The van der Waals surface area contributed by atoms with Crippen LogP contribution >= 0.6 is 0 Å². The van der Waals surface area contributed by atoms with E-state index >= 15 is 0 Å². The Balaban J connectivity index is 3.04. The average molecular weight is 170 g/mol. The molecule has 13 heavy (non-hydrogen) atoms. The van der Waals surface area contributed by atoms with E-state index in [0.717, 1.165) is 5.57 Å². The summed E-state index contributed by atoms with van der Waals surface area (Å²) in [5.41, 5.74) is 4.73. The second kappa shape index (κ2) is 3.96. The van der Waals surface area contributed by atoms with Gasteiger partial charge in [-0.1, -0.05) is 30.4 Å². The Morgan fingerprint density at radius 2 is 1.92 bits per heavy atom. The molecule has 0 nitrogen and oxygen atoms in total. The van der Waals surface area contributed by atoms with Crippen molar-refractivity contribution in [3.63, 3.8) is 0 Å². The van der Waals surface area contributed by atoms with Gasteiger partial charge in [0, 0.05) is 0 Å². The third kappa shape index (κ3) is 2.49. The van der Waals surface area contributed by atoms with Crippen LogP contribution in [0.15, 0.2) is 29.9 Å². The summed E-state index contributed by atoms with van der Waals surface area (Å²) >= 11 is 0. The molecule has 0 amide bonds. The van der Waals surface area contributed by atoms with Crippen molar-refractivity contribution in [2.45, 2.75) is 20.8 Å². The summed E-state index contributed by atoms with van der Waals surface area (Å²) in [6, 6.07) is 9.76. The second-order valence-electron chi connectivity index (χ2n) is 3.32. The Bertz CT molecular complexity index is 343. The van der Waals surface area contributed by atoms with Crippen LogP contribution in [0.1, 0.15) is 25.0 Å². The molecule has 0 aromatic heterocycles. The molecule has 66 valence electrons. The lowest BCUT2D eigenvalue weighted by atomic mass is 10.0. The summed E-state index contributed by atoms with van der Waals surface area (Å²) in [5, 5.41) is 0. The van der Waals surface area contributed by atoms with Crippen LogP contribution in [0.3, 0.4) is 0 Å². The zero-order chi connectivity index (χ0) is 9.84. The number of hydrogen-bond acceptors (Lipinski definition) is 0. The van der Waals surface area contributed by atoms with E-state index in [2.05, 4.69) is 38.6 Å². The summed E-state index contributed by atoms with van der Waals surface area (Å²) in [4.78, 5) is 0. The van der Waals surface area contributed by atoms with Gasteiger partial charge in [0.05, 0.1) is 0 Å². The van der Waals surface area contributed by atoms with Crippen LogP contribution < -0.4 is 0 Å². The summed E-state index contributed by atoms with van der Waals surface area (Å²) in [5.74, 6) is 0. The molecular weight excluding hydrogens is 156 g/mol. The van der Waals surface area contributed by atoms with Crippen LogP contribution in [0.2, 0.25) is 0 Å². The SMILES string of the molecule is C=C(C)C(C)=Cc1cc#ccc1C. The molecule has 0 heteroatoms. The van der Waals surface area contributed by atoms with Crippen LogP contribution in [0.4, 0.5) is 0 Å². The molecule has 0 bridgehead atoms. The van der Waals surface area contributed by atoms with Crippen LogP contribution in [-0.4, -0.2) is 0 Å². The Hall–Kier alpha value is -1.48. The van der Waals surface area contributed by atoms with Gasteiger partial charge in [-0.25, -0.2) is 0 Å². The summed E-state index contributed by atoms with van der Waals surface area (Å²) in [6.07, 6.45) is 2.13. The standard InChI is InChI=1S/C13H14/c1-10(2)12(4)9-13-8-6-5-7-11(13)3/h7-9H,1H2,2-4H3. The smallest absolute Gasteiger partial charge is 0.00397 e. The Kier molecular flexibility index (Phi) is 2.93. The van der Waals surface area contributed by atoms with Crippen LogP contribution in [0.5, 0.6) is 0 Å².